The highest BCUT2D eigenvalue weighted by Gasteiger charge is 2.36. The lowest BCUT2D eigenvalue weighted by Gasteiger charge is -2.22. The summed E-state index contributed by atoms with van der Waals surface area (Å²) >= 11 is 0. The van der Waals surface area contributed by atoms with Crippen LogP contribution in [-0.4, -0.2) is 37.9 Å². The highest BCUT2D eigenvalue weighted by atomic mass is 16.5. The molecule has 4 N–H and O–H groups in total. The van der Waals surface area contributed by atoms with E-state index in [0.717, 1.165) is 12.0 Å². The fourth-order valence-electron chi connectivity index (χ4n) is 2.39. The Kier molecular flexibility index (Phi) is 4.39. The molecule has 1 atom stereocenters. The van der Waals surface area contributed by atoms with Gasteiger partial charge in [-0.3, -0.25) is 4.99 Å². The number of aliphatic hydroxyl groups is 1. The SMILES string of the molecule is COCCNC(N)=NCC1(O)CCc2ccccc21. The third-order valence-corrected chi connectivity index (χ3v) is 3.45. The van der Waals surface area contributed by atoms with Crippen molar-refractivity contribution in [3.8, 4) is 0 Å². The van der Waals surface area contributed by atoms with Gasteiger partial charge in [0.1, 0.15) is 5.60 Å². The maximum atomic E-state index is 10.6. The number of aliphatic imine (C=N–C) groups is 1. The van der Waals surface area contributed by atoms with Gasteiger partial charge < -0.3 is 20.9 Å². The van der Waals surface area contributed by atoms with E-state index >= 15 is 0 Å². The average Bonchev–Trinajstić information content (AvgIpc) is 2.76. The van der Waals surface area contributed by atoms with Gasteiger partial charge in [-0.25, -0.2) is 0 Å². The molecule has 5 heteroatoms. The van der Waals surface area contributed by atoms with Crippen molar-refractivity contribution in [2.24, 2.45) is 10.7 Å². The van der Waals surface area contributed by atoms with Crippen LogP contribution in [0.3, 0.4) is 0 Å². The summed E-state index contributed by atoms with van der Waals surface area (Å²) in [5.74, 6) is 0.342. The molecule has 5 nitrogen and oxygen atoms in total. The van der Waals surface area contributed by atoms with Crippen molar-refractivity contribution in [3.63, 3.8) is 0 Å². The quantitative estimate of drug-likeness (QED) is 0.407. The van der Waals surface area contributed by atoms with Crippen LogP contribution in [0, 0.1) is 0 Å². The minimum atomic E-state index is -0.885. The summed E-state index contributed by atoms with van der Waals surface area (Å²) in [6.45, 7) is 1.47. The zero-order valence-electron chi connectivity index (χ0n) is 11.2. The second-order valence-electron chi connectivity index (χ2n) is 4.81. The van der Waals surface area contributed by atoms with E-state index < -0.39 is 5.60 Å². The van der Waals surface area contributed by atoms with Crippen LogP contribution in [-0.2, 0) is 16.8 Å². The molecule has 0 spiro atoms. The summed E-state index contributed by atoms with van der Waals surface area (Å²) in [6.07, 6.45) is 1.58. The van der Waals surface area contributed by atoms with E-state index in [-0.39, 0.29) is 6.54 Å². The number of fused-ring (bicyclic) bond motifs is 1. The zero-order valence-corrected chi connectivity index (χ0v) is 11.2. The van der Waals surface area contributed by atoms with E-state index in [2.05, 4.69) is 16.4 Å². The first-order valence-electron chi connectivity index (χ1n) is 6.49. The van der Waals surface area contributed by atoms with Crippen molar-refractivity contribution in [1.82, 2.24) is 5.32 Å². The minimum absolute atomic E-state index is 0.288. The van der Waals surface area contributed by atoms with Crippen molar-refractivity contribution in [1.29, 1.82) is 0 Å². The first-order chi connectivity index (χ1) is 9.15. The van der Waals surface area contributed by atoms with Gasteiger partial charge in [-0.1, -0.05) is 24.3 Å². The maximum absolute atomic E-state index is 10.6. The molecule has 1 aromatic carbocycles. The molecule has 0 fully saturated rings. The number of nitrogens with one attached hydrogen (secondary N) is 1. The summed E-state index contributed by atoms with van der Waals surface area (Å²) in [7, 11) is 1.63. The van der Waals surface area contributed by atoms with E-state index in [9.17, 15) is 5.11 Å². The van der Waals surface area contributed by atoms with E-state index in [0.29, 0.717) is 25.5 Å². The van der Waals surface area contributed by atoms with E-state index in [1.54, 1.807) is 7.11 Å². The topological polar surface area (TPSA) is 79.9 Å². The van der Waals surface area contributed by atoms with Crippen molar-refractivity contribution >= 4 is 5.96 Å². The molecule has 0 saturated carbocycles. The highest BCUT2D eigenvalue weighted by Crippen LogP contribution is 2.36. The summed E-state index contributed by atoms with van der Waals surface area (Å²) in [5.41, 5.74) is 7.03. The molecule has 0 aliphatic heterocycles. The molecule has 104 valence electrons. The predicted molar refractivity (Wildman–Crippen MR) is 75.0 cm³/mol. The van der Waals surface area contributed by atoms with Gasteiger partial charge in [0.05, 0.1) is 13.2 Å². The second-order valence-corrected chi connectivity index (χ2v) is 4.81. The van der Waals surface area contributed by atoms with Crippen LogP contribution in [0.4, 0.5) is 0 Å². The van der Waals surface area contributed by atoms with Gasteiger partial charge in [0, 0.05) is 13.7 Å². The van der Waals surface area contributed by atoms with Crippen LogP contribution in [0.25, 0.3) is 0 Å². The molecule has 1 aromatic rings. The van der Waals surface area contributed by atoms with E-state index in [1.165, 1.54) is 5.56 Å². The minimum Gasteiger partial charge on any atom is -0.383 e. The number of aryl methyl sites for hydroxylation is 1. The smallest absolute Gasteiger partial charge is 0.188 e. The molecule has 0 saturated heterocycles. The van der Waals surface area contributed by atoms with Crippen molar-refractivity contribution < 1.29 is 9.84 Å². The van der Waals surface area contributed by atoms with Gasteiger partial charge in [0.25, 0.3) is 0 Å². The van der Waals surface area contributed by atoms with Gasteiger partial charge >= 0.3 is 0 Å². The summed E-state index contributed by atoms with van der Waals surface area (Å²) in [4.78, 5) is 4.23. The molecule has 19 heavy (non-hydrogen) atoms. The molecule has 2 rings (SSSR count). The number of nitrogens with zero attached hydrogens (tertiary/aromatic N) is 1. The third-order valence-electron chi connectivity index (χ3n) is 3.45. The Hall–Kier alpha value is -1.59. The third kappa shape index (κ3) is 3.24. The Morgan fingerprint density at radius 1 is 1.53 bits per heavy atom. The molecular formula is C14H21N3O2. The zero-order chi connectivity index (χ0) is 13.7. The lowest BCUT2D eigenvalue weighted by atomic mass is 9.96. The van der Waals surface area contributed by atoms with E-state index in [1.807, 2.05) is 18.2 Å². The Morgan fingerprint density at radius 3 is 3.11 bits per heavy atom. The monoisotopic (exact) mass is 263 g/mol. The lowest BCUT2D eigenvalue weighted by Crippen LogP contribution is -2.36. The Labute approximate surface area is 113 Å². The molecule has 0 amide bonds. The number of hydrogen-bond acceptors (Lipinski definition) is 3. The molecule has 0 heterocycles. The van der Waals surface area contributed by atoms with Crippen LogP contribution in [0.5, 0.6) is 0 Å². The number of methoxy groups -OCH3 is 1. The molecular weight excluding hydrogens is 242 g/mol. The van der Waals surface area contributed by atoms with Crippen LogP contribution in [0.1, 0.15) is 17.5 Å². The summed E-state index contributed by atoms with van der Waals surface area (Å²) in [5, 5.41) is 13.6. The fraction of sp³-hybridized carbons (Fsp3) is 0.500. The Bertz CT molecular complexity index is 462. The number of hydrogen-bond donors (Lipinski definition) is 3. The summed E-state index contributed by atoms with van der Waals surface area (Å²) in [6, 6.07) is 7.96. The molecule has 0 aromatic heterocycles. The average molecular weight is 263 g/mol. The lowest BCUT2D eigenvalue weighted by molar-refractivity contribution is 0.0486. The number of benzene rings is 1. The van der Waals surface area contributed by atoms with Gasteiger partial charge in [0.2, 0.25) is 0 Å². The highest BCUT2D eigenvalue weighted by molar-refractivity contribution is 5.77. The molecule has 0 bridgehead atoms. The van der Waals surface area contributed by atoms with Crippen LogP contribution < -0.4 is 11.1 Å². The molecule has 1 unspecified atom stereocenters. The molecule has 1 aliphatic carbocycles. The van der Waals surface area contributed by atoms with Crippen LogP contribution >= 0.6 is 0 Å². The van der Waals surface area contributed by atoms with Crippen molar-refractivity contribution in [2.75, 3.05) is 26.8 Å². The molecule has 0 radical (unpaired) electrons. The Morgan fingerprint density at radius 2 is 2.32 bits per heavy atom. The first-order valence-corrected chi connectivity index (χ1v) is 6.49. The first kappa shape index (κ1) is 13.8. The largest absolute Gasteiger partial charge is 0.383 e. The van der Waals surface area contributed by atoms with Gasteiger partial charge in [0.15, 0.2) is 5.96 Å². The normalized spacial score (nSPS) is 22.3. The molecule has 1 aliphatic rings. The standard InChI is InChI=1S/C14H21N3O2/c1-19-9-8-16-13(15)17-10-14(18)7-6-11-4-2-3-5-12(11)14/h2-5,18H,6-10H2,1H3,(H3,15,16,17). The second kappa shape index (κ2) is 6.04. The number of nitrogens with two attached hydrogens (primary N) is 1. The van der Waals surface area contributed by atoms with Crippen molar-refractivity contribution in [2.45, 2.75) is 18.4 Å². The van der Waals surface area contributed by atoms with E-state index in [4.69, 9.17) is 10.5 Å². The van der Waals surface area contributed by atoms with Gasteiger partial charge in [-0.2, -0.15) is 0 Å². The van der Waals surface area contributed by atoms with Gasteiger partial charge in [-0.05, 0) is 24.0 Å². The number of rotatable bonds is 5. The van der Waals surface area contributed by atoms with Crippen molar-refractivity contribution in [3.05, 3.63) is 35.4 Å². The number of ether oxygens (including phenoxy) is 1. The fourth-order valence-corrected chi connectivity index (χ4v) is 2.39. The van der Waals surface area contributed by atoms with Crippen LogP contribution in [0.15, 0.2) is 29.3 Å². The Balaban J connectivity index is 1.98. The summed E-state index contributed by atoms with van der Waals surface area (Å²) < 4.78 is 4.91. The maximum Gasteiger partial charge on any atom is 0.188 e. The van der Waals surface area contributed by atoms with Crippen LogP contribution in [0.2, 0.25) is 0 Å². The predicted octanol–water partition coefficient (Wildman–Crippen LogP) is 0.371. The number of guanidine groups is 1. The van der Waals surface area contributed by atoms with Gasteiger partial charge in [-0.15, -0.1) is 0 Å².